The fourth-order valence-electron chi connectivity index (χ4n) is 3.36. The monoisotopic (exact) mass is 179 g/mol. The molecule has 0 heterocycles. The standard InChI is InChI=1S/C12H21N/c1-2-3-12(13)8-11-7-9-4-5-10(11)6-9/h2,9-12H,1,3-8,13H2. The lowest BCUT2D eigenvalue weighted by Crippen LogP contribution is -2.25. The molecule has 2 fully saturated rings. The number of fused-ring (bicyclic) bond motifs is 2. The van der Waals surface area contributed by atoms with Crippen LogP contribution in [0.25, 0.3) is 0 Å². The summed E-state index contributed by atoms with van der Waals surface area (Å²) >= 11 is 0. The number of nitrogens with two attached hydrogens (primary N) is 1. The van der Waals surface area contributed by atoms with E-state index >= 15 is 0 Å². The molecule has 13 heavy (non-hydrogen) atoms. The molecule has 4 unspecified atom stereocenters. The summed E-state index contributed by atoms with van der Waals surface area (Å²) in [7, 11) is 0. The molecule has 2 rings (SSSR count). The molecule has 2 saturated carbocycles. The van der Waals surface area contributed by atoms with Crippen LogP contribution in [0.15, 0.2) is 12.7 Å². The molecule has 2 aliphatic rings. The number of hydrogen-bond donors (Lipinski definition) is 1. The van der Waals surface area contributed by atoms with Crippen LogP contribution in [0.3, 0.4) is 0 Å². The molecule has 4 atom stereocenters. The van der Waals surface area contributed by atoms with Crippen molar-refractivity contribution in [3.8, 4) is 0 Å². The Bertz CT molecular complexity index is 188. The second-order valence-corrected chi connectivity index (χ2v) is 4.96. The van der Waals surface area contributed by atoms with E-state index in [0.29, 0.717) is 6.04 Å². The Balaban J connectivity index is 1.79. The third-order valence-corrected chi connectivity index (χ3v) is 3.96. The van der Waals surface area contributed by atoms with E-state index in [1.54, 1.807) is 0 Å². The Morgan fingerprint density at radius 1 is 1.38 bits per heavy atom. The summed E-state index contributed by atoms with van der Waals surface area (Å²) in [6.07, 6.45) is 10.1. The fraction of sp³-hybridized carbons (Fsp3) is 0.833. The summed E-state index contributed by atoms with van der Waals surface area (Å²) in [5.74, 6) is 3.04. The van der Waals surface area contributed by atoms with Crippen molar-refractivity contribution in [2.45, 2.75) is 44.6 Å². The van der Waals surface area contributed by atoms with Gasteiger partial charge < -0.3 is 5.73 Å². The van der Waals surface area contributed by atoms with E-state index in [4.69, 9.17) is 5.73 Å². The minimum Gasteiger partial charge on any atom is -0.327 e. The maximum atomic E-state index is 6.02. The molecule has 74 valence electrons. The van der Waals surface area contributed by atoms with Gasteiger partial charge in [0.15, 0.2) is 0 Å². The van der Waals surface area contributed by atoms with Crippen molar-refractivity contribution in [3.63, 3.8) is 0 Å². The summed E-state index contributed by atoms with van der Waals surface area (Å²) in [6.45, 7) is 3.74. The number of hydrogen-bond acceptors (Lipinski definition) is 1. The number of rotatable bonds is 4. The maximum Gasteiger partial charge on any atom is 0.00760 e. The van der Waals surface area contributed by atoms with Crippen molar-refractivity contribution in [2.75, 3.05) is 0 Å². The third kappa shape index (κ3) is 1.96. The first-order valence-corrected chi connectivity index (χ1v) is 5.66. The molecule has 0 aliphatic heterocycles. The van der Waals surface area contributed by atoms with Crippen molar-refractivity contribution >= 4 is 0 Å². The Kier molecular flexibility index (Phi) is 2.73. The predicted octanol–water partition coefficient (Wildman–Crippen LogP) is 2.72. The van der Waals surface area contributed by atoms with E-state index in [-0.39, 0.29) is 0 Å². The molecule has 2 aliphatic carbocycles. The Labute approximate surface area is 81.4 Å². The fourth-order valence-corrected chi connectivity index (χ4v) is 3.36. The second kappa shape index (κ2) is 3.83. The Morgan fingerprint density at radius 2 is 2.23 bits per heavy atom. The zero-order valence-corrected chi connectivity index (χ0v) is 8.41. The highest BCUT2D eigenvalue weighted by Crippen LogP contribution is 2.49. The van der Waals surface area contributed by atoms with E-state index in [9.17, 15) is 0 Å². The van der Waals surface area contributed by atoms with E-state index < -0.39 is 0 Å². The van der Waals surface area contributed by atoms with Gasteiger partial charge in [0.25, 0.3) is 0 Å². The minimum absolute atomic E-state index is 0.377. The molecule has 0 spiro atoms. The molecular formula is C12H21N. The molecule has 0 saturated heterocycles. The van der Waals surface area contributed by atoms with Gasteiger partial charge in [-0.05, 0) is 49.9 Å². The van der Waals surface area contributed by atoms with Crippen LogP contribution in [0.4, 0.5) is 0 Å². The topological polar surface area (TPSA) is 26.0 Å². The van der Waals surface area contributed by atoms with Crippen LogP contribution in [0.2, 0.25) is 0 Å². The molecule has 2 bridgehead atoms. The van der Waals surface area contributed by atoms with Gasteiger partial charge in [-0.3, -0.25) is 0 Å². The summed E-state index contributed by atoms with van der Waals surface area (Å²) < 4.78 is 0. The smallest absolute Gasteiger partial charge is 0.00760 e. The summed E-state index contributed by atoms with van der Waals surface area (Å²) in [4.78, 5) is 0. The zero-order chi connectivity index (χ0) is 9.26. The highest BCUT2D eigenvalue weighted by Gasteiger charge is 2.39. The van der Waals surface area contributed by atoms with Crippen LogP contribution in [-0.4, -0.2) is 6.04 Å². The van der Waals surface area contributed by atoms with Crippen LogP contribution >= 0.6 is 0 Å². The van der Waals surface area contributed by atoms with Crippen LogP contribution in [0.1, 0.15) is 38.5 Å². The highest BCUT2D eigenvalue weighted by molar-refractivity contribution is 4.92. The molecular weight excluding hydrogens is 158 g/mol. The lowest BCUT2D eigenvalue weighted by molar-refractivity contribution is 0.295. The van der Waals surface area contributed by atoms with Crippen LogP contribution in [0, 0.1) is 17.8 Å². The van der Waals surface area contributed by atoms with Crippen molar-refractivity contribution in [2.24, 2.45) is 23.5 Å². The van der Waals surface area contributed by atoms with E-state index in [1.165, 1.54) is 32.1 Å². The summed E-state index contributed by atoms with van der Waals surface area (Å²) in [5.41, 5.74) is 6.02. The largest absolute Gasteiger partial charge is 0.327 e. The molecule has 0 aromatic rings. The lowest BCUT2D eigenvalue weighted by atomic mass is 9.84. The van der Waals surface area contributed by atoms with Gasteiger partial charge in [-0.25, -0.2) is 0 Å². The second-order valence-electron chi connectivity index (χ2n) is 4.96. The van der Waals surface area contributed by atoms with Gasteiger partial charge in [0.05, 0.1) is 0 Å². The summed E-state index contributed by atoms with van der Waals surface area (Å²) in [6, 6.07) is 0.377. The van der Waals surface area contributed by atoms with E-state index in [2.05, 4.69) is 6.58 Å². The highest BCUT2D eigenvalue weighted by atomic mass is 14.6. The van der Waals surface area contributed by atoms with Gasteiger partial charge in [-0.1, -0.05) is 12.5 Å². The molecule has 0 aromatic heterocycles. The van der Waals surface area contributed by atoms with E-state index in [1.807, 2.05) is 6.08 Å². The Morgan fingerprint density at radius 3 is 2.77 bits per heavy atom. The van der Waals surface area contributed by atoms with Gasteiger partial charge in [-0.15, -0.1) is 6.58 Å². The Hall–Kier alpha value is -0.300. The SMILES string of the molecule is C=CCC(N)CC1CC2CCC1C2. The molecule has 2 N–H and O–H groups in total. The average Bonchev–Trinajstić information content (AvgIpc) is 2.65. The first-order chi connectivity index (χ1) is 6.29. The molecule has 1 heteroatoms. The van der Waals surface area contributed by atoms with Crippen molar-refractivity contribution < 1.29 is 0 Å². The van der Waals surface area contributed by atoms with Crippen LogP contribution in [-0.2, 0) is 0 Å². The zero-order valence-electron chi connectivity index (χ0n) is 8.41. The molecule has 0 aromatic carbocycles. The third-order valence-electron chi connectivity index (χ3n) is 3.96. The van der Waals surface area contributed by atoms with Gasteiger partial charge >= 0.3 is 0 Å². The molecule has 0 radical (unpaired) electrons. The van der Waals surface area contributed by atoms with Crippen molar-refractivity contribution in [1.82, 2.24) is 0 Å². The quantitative estimate of drug-likeness (QED) is 0.660. The van der Waals surface area contributed by atoms with Gasteiger partial charge in [0, 0.05) is 6.04 Å². The summed E-state index contributed by atoms with van der Waals surface area (Å²) in [5, 5.41) is 0. The molecule has 1 nitrogen and oxygen atoms in total. The maximum absolute atomic E-state index is 6.02. The first-order valence-electron chi connectivity index (χ1n) is 5.66. The minimum atomic E-state index is 0.377. The normalized spacial score (nSPS) is 39.3. The van der Waals surface area contributed by atoms with Gasteiger partial charge in [-0.2, -0.15) is 0 Å². The van der Waals surface area contributed by atoms with Crippen molar-refractivity contribution in [3.05, 3.63) is 12.7 Å². The lowest BCUT2D eigenvalue weighted by Gasteiger charge is -2.24. The van der Waals surface area contributed by atoms with Crippen LogP contribution in [0.5, 0.6) is 0 Å². The van der Waals surface area contributed by atoms with Gasteiger partial charge in [0.2, 0.25) is 0 Å². The predicted molar refractivity (Wildman–Crippen MR) is 56.3 cm³/mol. The molecule has 0 amide bonds. The average molecular weight is 179 g/mol. The van der Waals surface area contributed by atoms with Gasteiger partial charge in [0.1, 0.15) is 0 Å². The van der Waals surface area contributed by atoms with Crippen molar-refractivity contribution in [1.29, 1.82) is 0 Å². The van der Waals surface area contributed by atoms with E-state index in [0.717, 1.165) is 24.2 Å². The first kappa shape index (κ1) is 9.26. The van der Waals surface area contributed by atoms with Crippen LogP contribution < -0.4 is 5.73 Å².